The van der Waals surface area contributed by atoms with E-state index in [9.17, 15) is 4.79 Å². The standard InChI is InChI=1S/C27H22N2O2S/c1-17-7-8-18(2)21(14-17)23-16-32-27(28-23)22-15-25(29-13-5-4-6-24(22)29)26(30)19-9-11-20(31-3)12-10-19/h4-16H,1-3H3. The van der Waals surface area contributed by atoms with Gasteiger partial charge in [-0.25, -0.2) is 4.98 Å². The molecule has 0 amide bonds. The molecule has 4 nitrogen and oxygen atoms in total. The second-order valence-electron chi connectivity index (χ2n) is 7.81. The minimum absolute atomic E-state index is 0.0357. The van der Waals surface area contributed by atoms with Gasteiger partial charge < -0.3 is 9.14 Å². The van der Waals surface area contributed by atoms with E-state index >= 15 is 0 Å². The summed E-state index contributed by atoms with van der Waals surface area (Å²) in [5.41, 5.74) is 7.68. The SMILES string of the molecule is COc1ccc(C(=O)c2cc(-c3nc(-c4cc(C)ccc4C)cs3)c3ccccn23)cc1. The highest BCUT2D eigenvalue weighted by Crippen LogP contribution is 2.35. The quantitative estimate of drug-likeness (QED) is 0.291. The number of thiazole rings is 1. The van der Waals surface area contributed by atoms with E-state index in [-0.39, 0.29) is 5.78 Å². The Kier molecular flexibility index (Phi) is 5.11. The summed E-state index contributed by atoms with van der Waals surface area (Å²) in [6.07, 6.45) is 1.93. The van der Waals surface area contributed by atoms with Crippen molar-refractivity contribution in [3.63, 3.8) is 0 Å². The number of aromatic nitrogens is 2. The first-order valence-corrected chi connectivity index (χ1v) is 11.3. The van der Waals surface area contributed by atoms with E-state index in [0.29, 0.717) is 11.3 Å². The van der Waals surface area contributed by atoms with Crippen molar-refractivity contribution in [1.82, 2.24) is 9.38 Å². The number of hydrogen-bond acceptors (Lipinski definition) is 4. The van der Waals surface area contributed by atoms with Crippen LogP contribution in [0.15, 0.2) is 78.3 Å². The fraction of sp³-hybridized carbons (Fsp3) is 0.111. The van der Waals surface area contributed by atoms with Gasteiger partial charge >= 0.3 is 0 Å². The third-order valence-electron chi connectivity index (χ3n) is 5.66. The lowest BCUT2D eigenvalue weighted by atomic mass is 10.0. The molecule has 158 valence electrons. The predicted octanol–water partition coefficient (Wildman–Crippen LogP) is 6.59. The molecule has 5 heteroatoms. The van der Waals surface area contributed by atoms with Crippen LogP contribution in [-0.2, 0) is 0 Å². The molecule has 0 radical (unpaired) electrons. The van der Waals surface area contributed by atoms with Gasteiger partial charge in [-0.05, 0) is 67.9 Å². The van der Waals surface area contributed by atoms with E-state index in [1.165, 1.54) is 11.1 Å². The summed E-state index contributed by atoms with van der Waals surface area (Å²) in [6, 6.07) is 21.5. The number of rotatable bonds is 5. The van der Waals surface area contributed by atoms with Crippen LogP contribution in [0.2, 0.25) is 0 Å². The molecule has 5 aromatic rings. The molecule has 0 aliphatic rings. The Morgan fingerprint density at radius 2 is 1.78 bits per heavy atom. The topological polar surface area (TPSA) is 43.6 Å². The van der Waals surface area contributed by atoms with Crippen molar-refractivity contribution in [2.45, 2.75) is 13.8 Å². The smallest absolute Gasteiger partial charge is 0.209 e. The van der Waals surface area contributed by atoms with Crippen molar-refractivity contribution >= 4 is 22.6 Å². The monoisotopic (exact) mass is 438 g/mol. The van der Waals surface area contributed by atoms with Crippen molar-refractivity contribution in [2.75, 3.05) is 7.11 Å². The fourth-order valence-corrected chi connectivity index (χ4v) is 4.77. The van der Waals surface area contributed by atoms with Gasteiger partial charge in [-0.2, -0.15) is 0 Å². The number of ketones is 1. The van der Waals surface area contributed by atoms with Crippen molar-refractivity contribution in [3.05, 3.63) is 101 Å². The van der Waals surface area contributed by atoms with E-state index in [1.54, 1.807) is 42.7 Å². The molecule has 0 fully saturated rings. The minimum Gasteiger partial charge on any atom is -0.497 e. The van der Waals surface area contributed by atoms with Crippen LogP contribution in [0.1, 0.15) is 27.2 Å². The molecule has 0 unspecified atom stereocenters. The maximum atomic E-state index is 13.3. The van der Waals surface area contributed by atoms with E-state index < -0.39 is 0 Å². The maximum Gasteiger partial charge on any atom is 0.209 e. The molecule has 0 N–H and O–H groups in total. The second-order valence-corrected chi connectivity index (χ2v) is 8.67. The molecule has 0 aliphatic carbocycles. The molecule has 2 aromatic carbocycles. The lowest BCUT2D eigenvalue weighted by Gasteiger charge is -2.04. The van der Waals surface area contributed by atoms with E-state index in [4.69, 9.17) is 9.72 Å². The molecule has 0 aliphatic heterocycles. The molecule has 0 saturated carbocycles. The Hall–Kier alpha value is -3.70. The molecule has 0 saturated heterocycles. The third-order valence-corrected chi connectivity index (χ3v) is 6.54. The van der Waals surface area contributed by atoms with Gasteiger partial charge in [0.15, 0.2) is 0 Å². The number of carbonyl (C=O) groups excluding carboxylic acids is 1. The van der Waals surface area contributed by atoms with Gasteiger partial charge in [-0.1, -0.05) is 23.8 Å². The summed E-state index contributed by atoms with van der Waals surface area (Å²) >= 11 is 1.60. The number of pyridine rings is 1. The fourth-order valence-electron chi connectivity index (χ4n) is 3.92. The number of fused-ring (bicyclic) bond motifs is 1. The van der Waals surface area contributed by atoms with Crippen LogP contribution < -0.4 is 4.74 Å². The lowest BCUT2D eigenvalue weighted by molar-refractivity contribution is 0.103. The van der Waals surface area contributed by atoms with Gasteiger partial charge in [-0.15, -0.1) is 11.3 Å². The molecule has 0 atom stereocenters. The van der Waals surface area contributed by atoms with Crippen molar-refractivity contribution in [1.29, 1.82) is 0 Å². The zero-order valence-electron chi connectivity index (χ0n) is 18.1. The number of ether oxygens (including phenoxy) is 1. The first kappa shape index (κ1) is 20.2. The van der Waals surface area contributed by atoms with Crippen LogP contribution in [0, 0.1) is 13.8 Å². The normalized spacial score (nSPS) is 11.1. The summed E-state index contributed by atoms with van der Waals surface area (Å²) in [7, 11) is 1.62. The Morgan fingerprint density at radius 3 is 2.56 bits per heavy atom. The van der Waals surface area contributed by atoms with Crippen molar-refractivity contribution in [3.8, 4) is 27.6 Å². The van der Waals surface area contributed by atoms with Gasteiger partial charge in [0.05, 0.1) is 24.0 Å². The lowest BCUT2D eigenvalue weighted by Crippen LogP contribution is -2.04. The van der Waals surface area contributed by atoms with Gasteiger partial charge in [0, 0.05) is 28.3 Å². The van der Waals surface area contributed by atoms with Crippen LogP contribution in [0.4, 0.5) is 0 Å². The largest absolute Gasteiger partial charge is 0.497 e. The summed E-state index contributed by atoms with van der Waals surface area (Å²) in [6.45, 7) is 4.20. The number of carbonyl (C=O) groups is 1. The number of hydrogen-bond donors (Lipinski definition) is 0. The molecular weight excluding hydrogens is 416 g/mol. The molecule has 0 bridgehead atoms. The molecule has 3 heterocycles. The number of benzene rings is 2. The first-order valence-electron chi connectivity index (χ1n) is 10.4. The molecule has 5 rings (SSSR count). The Balaban J connectivity index is 1.60. The van der Waals surface area contributed by atoms with Crippen LogP contribution >= 0.6 is 11.3 Å². The van der Waals surface area contributed by atoms with Crippen LogP contribution in [0.3, 0.4) is 0 Å². The number of methoxy groups -OCH3 is 1. The van der Waals surface area contributed by atoms with E-state index in [2.05, 4.69) is 37.4 Å². The maximum absolute atomic E-state index is 13.3. The Labute approximate surface area is 190 Å². The van der Waals surface area contributed by atoms with E-state index in [0.717, 1.165) is 33.1 Å². The second kappa shape index (κ2) is 8.09. The van der Waals surface area contributed by atoms with Gasteiger partial charge in [-0.3, -0.25) is 4.79 Å². The highest BCUT2D eigenvalue weighted by Gasteiger charge is 2.20. The highest BCUT2D eigenvalue weighted by atomic mass is 32.1. The summed E-state index contributed by atoms with van der Waals surface area (Å²) in [5, 5.41) is 2.99. The highest BCUT2D eigenvalue weighted by molar-refractivity contribution is 7.13. The average Bonchev–Trinajstić information content (AvgIpc) is 3.45. The molecule has 0 spiro atoms. The van der Waals surface area contributed by atoms with Crippen LogP contribution in [0.25, 0.3) is 27.3 Å². The molecular formula is C27H22N2O2S. The Morgan fingerprint density at radius 1 is 0.969 bits per heavy atom. The molecule has 3 aromatic heterocycles. The summed E-state index contributed by atoms with van der Waals surface area (Å²) in [4.78, 5) is 18.3. The van der Waals surface area contributed by atoms with E-state index in [1.807, 2.05) is 34.9 Å². The number of aryl methyl sites for hydroxylation is 2. The van der Waals surface area contributed by atoms with Crippen molar-refractivity contribution in [2.24, 2.45) is 0 Å². The number of nitrogens with zero attached hydrogens (tertiary/aromatic N) is 2. The van der Waals surface area contributed by atoms with Crippen LogP contribution in [0.5, 0.6) is 5.75 Å². The third kappa shape index (κ3) is 3.51. The molecule has 32 heavy (non-hydrogen) atoms. The minimum atomic E-state index is -0.0357. The summed E-state index contributed by atoms with van der Waals surface area (Å²) in [5.74, 6) is 0.690. The first-order chi connectivity index (χ1) is 15.5. The van der Waals surface area contributed by atoms with Gasteiger partial charge in [0.25, 0.3) is 0 Å². The summed E-state index contributed by atoms with van der Waals surface area (Å²) < 4.78 is 7.16. The Bertz CT molecular complexity index is 1440. The zero-order chi connectivity index (χ0) is 22.2. The predicted molar refractivity (Wildman–Crippen MR) is 130 cm³/mol. The van der Waals surface area contributed by atoms with Gasteiger partial charge in [0.1, 0.15) is 10.8 Å². The van der Waals surface area contributed by atoms with Gasteiger partial charge in [0.2, 0.25) is 5.78 Å². The average molecular weight is 439 g/mol. The zero-order valence-corrected chi connectivity index (χ0v) is 18.9. The van der Waals surface area contributed by atoms with Crippen LogP contribution in [-0.4, -0.2) is 22.3 Å². The van der Waals surface area contributed by atoms with Crippen molar-refractivity contribution < 1.29 is 9.53 Å².